The van der Waals surface area contributed by atoms with Crippen molar-refractivity contribution < 1.29 is 28.6 Å². The van der Waals surface area contributed by atoms with E-state index in [-0.39, 0.29) is 31.1 Å². The van der Waals surface area contributed by atoms with Crippen LogP contribution in [0, 0.1) is 0 Å². The summed E-state index contributed by atoms with van der Waals surface area (Å²) in [6.07, 6.45) is 99.6. The average Bonchev–Trinajstić information content (AvgIpc) is 3.47. The maximum Gasteiger partial charge on any atom is 0.306 e. The Morgan fingerprint density at radius 2 is 0.476 bits per heavy atom. The van der Waals surface area contributed by atoms with Crippen LogP contribution in [0.3, 0.4) is 0 Å². The summed E-state index contributed by atoms with van der Waals surface area (Å²) in [6, 6.07) is 0. The van der Waals surface area contributed by atoms with Gasteiger partial charge in [-0.2, -0.15) is 0 Å². The van der Waals surface area contributed by atoms with E-state index in [4.69, 9.17) is 14.2 Å². The Balaban J connectivity index is 4.37. The lowest BCUT2D eigenvalue weighted by Gasteiger charge is -2.18. The van der Waals surface area contributed by atoms with Crippen LogP contribution in [0.25, 0.3) is 0 Å². The highest BCUT2D eigenvalue weighted by Crippen LogP contribution is 2.15. The van der Waals surface area contributed by atoms with E-state index in [0.29, 0.717) is 19.3 Å². The number of carbonyl (C=O) groups is 3. The van der Waals surface area contributed by atoms with E-state index in [9.17, 15) is 14.4 Å². The van der Waals surface area contributed by atoms with E-state index in [2.05, 4.69) is 179 Å². The van der Waals surface area contributed by atoms with Crippen molar-refractivity contribution in [1.82, 2.24) is 0 Å². The van der Waals surface area contributed by atoms with Gasteiger partial charge in [0.25, 0.3) is 0 Å². The third kappa shape index (κ3) is 65.8. The number of allylic oxidation sites excluding steroid dienone is 26. The van der Waals surface area contributed by atoms with E-state index in [0.717, 1.165) is 173 Å². The van der Waals surface area contributed by atoms with Crippen molar-refractivity contribution in [3.63, 3.8) is 0 Å². The molecule has 0 amide bonds. The first-order valence-electron chi connectivity index (χ1n) is 33.5. The zero-order valence-corrected chi connectivity index (χ0v) is 52.9. The SMILES string of the molecule is CC/C=C\C/C=C\C/C=C\C/C=C\C/C=C\C/C=C\C/C=C\C/C=C\C/C=C\CCCCCCCC(=O)OCC(COC(=O)CCCCCCC/C=C\CCCCCCC)OC(=O)CCCCCCCCC/C=C\C/C=C\C/C=C\CC. The molecule has 0 spiro atoms. The first kappa shape index (κ1) is 77.0. The van der Waals surface area contributed by atoms with Crippen molar-refractivity contribution in [3.8, 4) is 0 Å². The minimum Gasteiger partial charge on any atom is -0.462 e. The molecule has 1 unspecified atom stereocenters. The molecule has 0 aliphatic rings. The molecule has 0 rings (SSSR count). The predicted molar refractivity (Wildman–Crippen MR) is 357 cm³/mol. The van der Waals surface area contributed by atoms with Crippen LogP contribution >= 0.6 is 0 Å². The summed E-state index contributed by atoms with van der Waals surface area (Å²) in [6.45, 7) is 6.38. The van der Waals surface area contributed by atoms with Crippen molar-refractivity contribution >= 4 is 17.9 Å². The summed E-state index contributed by atoms with van der Waals surface area (Å²) in [5.74, 6) is -0.935. The van der Waals surface area contributed by atoms with Gasteiger partial charge in [0.1, 0.15) is 13.2 Å². The smallest absolute Gasteiger partial charge is 0.306 e. The molecular weight excluding hydrogens is 1010 g/mol. The molecule has 0 aliphatic heterocycles. The predicted octanol–water partition coefficient (Wildman–Crippen LogP) is 23.3. The number of rotatable bonds is 59. The van der Waals surface area contributed by atoms with Gasteiger partial charge in [-0.3, -0.25) is 14.4 Å². The van der Waals surface area contributed by atoms with Gasteiger partial charge >= 0.3 is 17.9 Å². The number of esters is 3. The molecule has 0 aromatic rings. The van der Waals surface area contributed by atoms with Crippen LogP contribution in [-0.2, 0) is 28.6 Å². The van der Waals surface area contributed by atoms with Crippen LogP contribution in [0.5, 0.6) is 0 Å². The zero-order valence-electron chi connectivity index (χ0n) is 52.9. The Morgan fingerprint density at radius 1 is 0.256 bits per heavy atom. The normalized spacial score (nSPS) is 13.2. The van der Waals surface area contributed by atoms with Gasteiger partial charge in [-0.25, -0.2) is 0 Å². The minimum atomic E-state index is -0.803. The summed E-state index contributed by atoms with van der Waals surface area (Å²) >= 11 is 0. The second-order valence-corrected chi connectivity index (χ2v) is 21.6. The van der Waals surface area contributed by atoms with Crippen LogP contribution < -0.4 is 0 Å². The quantitative estimate of drug-likeness (QED) is 0.0261. The lowest BCUT2D eigenvalue weighted by molar-refractivity contribution is -0.167. The molecule has 0 radical (unpaired) electrons. The monoisotopic (exact) mass is 1130 g/mol. The molecule has 462 valence electrons. The Kier molecular flexibility index (Phi) is 64.4. The second-order valence-electron chi connectivity index (χ2n) is 21.6. The summed E-state index contributed by atoms with van der Waals surface area (Å²) in [4.78, 5) is 38.3. The van der Waals surface area contributed by atoms with Crippen molar-refractivity contribution in [2.45, 2.75) is 290 Å². The molecule has 6 nitrogen and oxygen atoms in total. The molecule has 0 saturated heterocycles. The van der Waals surface area contributed by atoms with Crippen LogP contribution in [0.15, 0.2) is 158 Å². The number of unbranched alkanes of at least 4 members (excludes halogenated alkanes) is 22. The molecule has 0 aliphatic carbocycles. The molecule has 0 fully saturated rings. The molecule has 6 heteroatoms. The topological polar surface area (TPSA) is 78.9 Å². The standard InChI is InChI=1S/C76H122O6/c1-4-7-10-13-16-19-22-25-28-30-31-32-33-34-35-36-37-38-39-40-41-42-43-44-45-47-48-51-54-57-60-63-66-69-75(78)81-72-73(71-80-74(77)68-65-62-59-56-53-50-27-24-21-18-15-12-9-6-3)82-76(79)70-67-64-61-58-55-52-49-46-29-26-23-20-17-14-11-8-5-2/h7-8,10-11,16-17,19-20,24-29,31-32,34-35,37-38,40-41,43-44,47-48,73H,4-6,9,12-15,18,21-23,30,33,36,39,42,45-46,49-72H2,1-3H3/b10-7-,11-8-,19-16-,20-17-,27-24-,28-25-,29-26-,32-31-,35-34-,38-37-,41-40-,44-43-,48-47-. The third-order valence-corrected chi connectivity index (χ3v) is 13.7. The van der Waals surface area contributed by atoms with Gasteiger partial charge in [-0.05, 0) is 148 Å². The molecule has 0 saturated carbocycles. The summed E-state index contributed by atoms with van der Waals surface area (Å²) in [5, 5.41) is 0. The first-order chi connectivity index (χ1) is 40.5. The highest BCUT2D eigenvalue weighted by molar-refractivity contribution is 5.71. The summed E-state index contributed by atoms with van der Waals surface area (Å²) in [5.41, 5.74) is 0. The van der Waals surface area contributed by atoms with Crippen LogP contribution in [0.1, 0.15) is 284 Å². The molecule has 0 heterocycles. The number of carbonyl (C=O) groups excluding carboxylic acids is 3. The van der Waals surface area contributed by atoms with E-state index in [1.54, 1.807) is 0 Å². The highest BCUT2D eigenvalue weighted by atomic mass is 16.6. The molecule has 82 heavy (non-hydrogen) atoms. The van der Waals surface area contributed by atoms with Gasteiger partial charge in [0.15, 0.2) is 6.10 Å². The van der Waals surface area contributed by atoms with Gasteiger partial charge in [-0.15, -0.1) is 0 Å². The zero-order chi connectivity index (χ0) is 59.2. The molecule has 0 aromatic heterocycles. The van der Waals surface area contributed by atoms with Crippen molar-refractivity contribution in [1.29, 1.82) is 0 Å². The Labute approximate surface area is 505 Å². The van der Waals surface area contributed by atoms with Crippen molar-refractivity contribution in [3.05, 3.63) is 158 Å². The van der Waals surface area contributed by atoms with Gasteiger partial charge in [0.05, 0.1) is 0 Å². The number of hydrogen-bond donors (Lipinski definition) is 0. The highest BCUT2D eigenvalue weighted by Gasteiger charge is 2.19. The Morgan fingerprint density at radius 3 is 0.756 bits per heavy atom. The number of ether oxygens (including phenoxy) is 3. The fourth-order valence-electron chi connectivity index (χ4n) is 8.80. The second kappa shape index (κ2) is 68.5. The first-order valence-corrected chi connectivity index (χ1v) is 33.5. The molecule has 1 atom stereocenters. The minimum absolute atomic E-state index is 0.0975. The van der Waals surface area contributed by atoms with Crippen LogP contribution in [-0.4, -0.2) is 37.2 Å². The Bertz CT molecular complexity index is 1830. The molecule has 0 N–H and O–H groups in total. The van der Waals surface area contributed by atoms with Gasteiger partial charge < -0.3 is 14.2 Å². The van der Waals surface area contributed by atoms with Crippen molar-refractivity contribution in [2.24, 2.45) is 0 Å². The maximum absolute atomic E-state index is 12.9. The maximum atomic E-state index is 12.9. The van der Waals surface area contributed by atoms with E-state index in [1.165, 1.54) is 70.6 Å². The summed E-state index contributed by atoms with van der Waals surface area (Å²) < 4.78 is 16.9. The number of hydrogen-bond acceptors (Lipinski definition) is 6. The van der Waals surface area contributed by atoms with Crippen LogP contribution in [0.2, 0.25) is 0 Å². The Hall–Kier alpha value is -4.97. The fourth-order valence-corrected chi connectivity index (χ4v) is 8.80. The fraction of sp³-hybridized carbons (Fsp3) is 0.618. The van der Waals surface area contributed by atoms with Gasteiger partial charge in [-0.1, -0.05) is 275 Å². The van der Waals surface area contributed by atoms with Gasteiger partial charge in [0.2, 0.25) is 0 Å². The molecule has 0 aromatic carbocycles. The van der Waals surface area contributed by atoms with Crippen LogP contribution in [0.4, 0.5) is 0 Å². The third-order valence-electron chi connectivity index (χ3n) is 13.7. The largest absolute Gasteiger partial charge is 0.462 e. The summed E-state index contributed by atoms with van der Waals surface area (Å²) in [7, 11) is 0. The van der Waals surface area contributed by atoms with Crippen molar-refractivity contribution in [2.75, 3.05) is 13.2 Å². The molecular formula is C76H122O6. The van der Waals surface area contributed by atoms with E-state index < -0.39 is 6.10 Å². The van der Waals surface area contributed by atoms with E-state index >= 15 is 0 Å². The van der Waals surface area contributed by atoms with E-state index in [1.807, 2.05) is 0 Å². The lowest BCUT2D eigenvalue weighted by Crippen LogP contribution is -2.30. The lowest BCUT2D eigenvalue weighted by atomic mass is 10.1. The van der Waals surface area contributed by atoms with Gasteiger partial charge in [0, 0.05) is 19.3 Å². The average molecular weight is 1130 g/mol. The molecule has 0 bridgehead atoms.